The summed E-state index contributed by atoms with van der Waals surface area (Å²) in [4.78, 5) is 64.1. The van der Waals surface area contributed by atoms with Gasteiger partial charge >= 0.3 is 0 Å². The minimum absolute atomic E-state index is 0.00975. The average molecular weight is 644 g/mol. The third kappa shape index (κ3) is 5.90. The second-order valence-electron chi connectivity index (χ2n) is 10.8. The van der Waals surface area contributed by atoms with E-state index in [1.807, 2.05) is 13.8 Å². The van der Waals surface area contributed by atoms with Crippen molar-refractivity contribution >= 4 is 17.7 Å². The molecular weight excluding hydrogens is 618 g/mol. The van der Waals surface area contributed by atoms with E-state index >= 15 is 0 Å². The van der Waals surface area contributed by atoms with Crippen molar-refractivity contribution in [3.05, 3.63) is 60.7 Å². The number of nitrogens with one attached hydrogen (secondary N) is 3. The Balaban J connectivity index is 1.26. The highest BCUT2D eigenvalue weighted by atomic mass is 16.4. The van der Waals surface area contributed by atoms with Crippen LogP contribution in [0.2, 0.25) is 0 Å². The first kappa shape index (κ1) is 29.4. The largest absolute Gasteiger partial charge is 0.446 e. The minimum atomic E-state index is -0.800. The van der Waals surface area contributed by atoms with Crippen LogP contribution in [0.25, 0.3) is 46.3 Å². The van der Waals surface area contributed by atoms with E-state index in [0.29, 0.717) is 0 Å². The minimum Gasteiger partial charge on any atom is -0.446 e. The quantitative estimate of drug-likeness (QED) is 0.248. The number of nitrogens with zero attached hydrogens (tertiary/aromatic N) is 6. The Morgan fingerprint density at radius 2 is 1.09 bits per heavy atom. The molecule has 0 aromatic carbocycles. The van der Waals surface area contributed by atoms with Gasteiger partial charge in [-0.2, -0.15) is 0 Å². The summed E-state index contributed by atoms with van der Waals surface area (Å²) in [5, 5.41) is 8.35. The van der Waals surface area contributed by atoms with Crippen LogP contribution in [-0.2, 0) is 4.79 Å². The van der Waals surface area contributed by atoms with Crippen LogP contribution in [0.15, 0.2) is 64.1 Å². The highest BCUT2D eigenvalue weighted by Gasteiger charge is 2.29. The molecule has 0 radical (unpaired) electrons. The molecule has 3 amide bonds. The standard InChI is InChI=1S/C29H25N9O9/c1-12(2)21-29-37-20(11-47-29)28-36-17(10-46-28)25-32-15(6-42-25)22(40)31-14(4-5-30-13(3)39)24-34-19(8-44-24)27-35-18(9-45-27)26-33-16(7-43-26)23(41)38-21/h6-12,14,21H,4-5H2,1-3H3,(H,30,39)(H,31,40)(H,38,41)/t14-,21-/m0/s1. The molecule has 12 bridgehead atoms. The Hall–Kier alpha value is -6.33. The van der Waals surface area contributed by atoms with E-state index < -0.39 is 23.9 Å². The molecule has 18 nitrogen and oxygen atoms in total. The van der Waals surface area contributed by atoms with Gasteiger partial charge in [-0.15, -0.1) is 0 Å². The number of hydrogen-bond donors (Lipinski definition) is 3. The Bertz CT molecular complexity index is 2080. The highest BCUT2D eigenvalue weighted by molar-refractivity contribution is 5.93. The second-order valence-corrected chi connectivity index (χ2v) is 10.8. The summed E-state index contributed by atoms with van der Waals surface area (Å²) in [6.45, 7) is 5.35. The lowest BCUT2D eigenvalue weighted by molar-refractivity contribution is -0.118. The second kappa shape index (κ2) is 11.9. The van der Waals surface area contributed by atoms with Crippen LogP contribution < -0.4 is 16.0 Å². The summed E-state index contributed by atoms with van der Waals surface area (Å²) in [6, 6.07) is -1.45. The topological polar surface area (TPSA) is 243 Å². The molecule has 7 rings (SSSR count). The molecule has 2 atom stereocenters. The first-order valence-electron chi connectivity index (χ1n) is 14.3. The van der Waals surface area contributed by atoms with Crippen LogP contribution in [0.1, 0.15) is 72.0 Å². The number of aromatic nitrogens is 6. The predicted octanol–water partition coefficient (Wildman–Crippen LogP) is 3.72. The smallest absolute Gasteiger partial charge is 0.273 e. The Kier molecular flexibility index (Phi) is 7.43. The summed E-state index contributed by atoms with van der Waals surface area (Å²) >= 11 is 0. The third-order valence-electron chi connectivity index (χ3n) is 7.03. The zero-order chi connectivity index (χ0) is 32.7. The maximum absolute atomic E-state index is 13.3. The van der Waals surface area contributed by atoms with Gasteiger partial charge in [-0.3, -0.25) is 14.4 Å². The summed E-state index contributed by atoms with van der Waals surface area (Å²) in [6.07, 6.45) is 7.80. The molecule has 18 heteroatoms. The Morgan fingerprint density at radius 3 is 1.62 bits per heavy atom. The van der Waals surface area contributed by atoms with Gasteiger partial charge in [-0.05, 0) is 12.3 Å². The number of carbonyl (C=O) groups is 3. The fourth-order valence-corrected chi connectivity index (χ4v) is 4.66. The van der Waals surface area contributed by atoms with Crippen LogP contribution in [0, 0.1) is 5.92 Å². The van der Waals surface area contributed by atoms with E-state index in [1.54, 1.807) is 0 Å². The van der Waals surface area contributed by atoms with E-state index in [9.17, 15) is 14.4 Å². The van der Waals surface area contributed by atoms with Gasteiger partial charge in [-0.1, -0.05) is 13.8 Å². The number of amides is 3. The summed E-state index contributed by atoms with van der Waals surface area (Å²) in [5.41, 5.74) is 0.775. The van der Waals surface area contributed by atoms with Gasteiger partial charge < -0.3 is 42.5 Å². The molecule has 6 aromatic rings. The van der Waals surface area contributed by atoms with Gasteiger partial charge in [0.2, 0.25) is 41.3 Å². The Labute approximate surface area is 263 Å². The van der Waals surface area contributed by atoms with E-state index in [2.05, 4.69) is 45.9 Å². The van der Waals surface area contributed by atoms with Crippen molar-refractivity contribution < 1.29 is 40.9 Å². The fourth-order valence-electron chi connectivity index (χ4n) is 4.66. The Morgan fingerprint density at radius 1 is 0.660 bits per heavy atom. The van der Waals surface area contributed by atoms with Gasteiger partial charge in [0.15, 0.2) is 34.2 Å². The van der Waals surface area contributed by atoms with E-state index in [4.69, 9.17) is 26.5 Å². The van der Waals surface area contributed by atoms with Crippen molar-refractivity contribution in [2.45, 2.75) is 39.3 Å². The molecule has 3 N–H and O–H groups in total. The van der Waals surface area contributed by atoms with Gasteiger partial charge in [0.25, 0.3) is 11.8 Å². The van der Waals surface area contributed by atoms with Crippen molar-refractivity contribution in [2.24, 2.45) is 5.92 Å². The van der Waals surface area contributed by atoms with Crippen molar-refractivity contribution in [3.63, 3.8) is 0 Å². The van der Waals surface area contributed by atoms with Crippen LogP contribution in [-0.4, -0.2) is 54.2 Å². The molecule has 240 valence electrons. The maximum atomic E-state index is 13.3. The van der Waals surface area contributed by atoms with E-state index in [1.165, 1.54) is 44.5 Å². The summed E-state index contributed by atoms with van der Waals surface area (Å²) in [7, 11) is 0. The van der Waals surface area contributed by atoms with Crippen molar-refractivity contribution in [3.8, 4) is 46.3 Å². The summed E-state index contributed by atoms with van der Waals surface area (Å²) in [5.74, 6) is -1.02. The molecule has 1 aliphatic heterocycles. The van der Waals surface area contributed by atoms with E-state index in [0.717, 1.165) is 0 Å². The van der Waals surface area contributed by atoms with E-state index in [-0.39, 0.29) is 94.3 Å². The first-order chi connectivity index (χ1) is 22.7. The lowest BCUT2D eigenvalue weighted by Gasteiger charge is -2.18. The number of rotatable bonds is 4. The first-order valence-corrected chi connectivity index (χ1v) is 14.3. The molecular formula is C29H25N9O9. The normalized spacial score (nSPS) is 16.4. The zero-order valence-corrected chi connectivity index (χ0v) is 25.0. The molecule has 0 saturated carbocycles. The van der Waals surface area contributed by atoms with Gasteiger partial charge in [0.1, 0.15) is 49.7 Å². The van der Waals surface area contributed by atoms with Crippen molar-refractivity contribution in [2.75, 3.05) is 6.54 Å². The van der Waals surface area contributed by atoms with Crippen molar-refractivity contribution in [1.29, 1.82) is 0 Å². The maximum Gasteiger partial charge on any atom is 0.273 e. The van der Waals surface area contributed by atoms with Crippen molar-refractivity contribution in [1.82, 2.24) is 45.9 Å². The van der Waals surface area contributed by atoms with Crippen LogP contribution in [0.4, 0.5) is 0 Å². The van der Waals surface area contributed by atoms with Gasteiger partial charge in [-0.25, -0.2) is 29.9 Å². The highest BCUT2D eigenvalue weighted by Crippen LogP contribution is 2.30. The number of hydrogen-bond acceptors (Lipinski definition) is 15. The molecule has 7 heterocycles. The van der Waals surface area contributed by atoms with Crippen LogP contribution in [0.3, 0.4) is 0 Å². The van der Waals surface area contributed by atoms with Crippen LogP contribution in [0.5, 0.6) is 0 Å². The molecule has 0 fully saturated rings. The molecule has 0 unspecified atom stereocenters. The number of carbonyl (C=O) groups excluding carboxylic acids is 3. The molecule has 0 aliphatic carbocycles. The molecule has 47 heavy (non-hydrogen) atoms. The SMILES string of the molecule is CC(=O)NCC[C@@H]1NC(=O)c2coc(n2)-c2coc(n2)-c2coc(n2)[C@H](C(C)C)NC(=O)c2coc(n2)-c2coc(n2)-c2coc1n2. The lowest BCUT2D eigenvalue weighted by atomic mass is 10.0. The summed E-state index contributed by atoms with van der Waals surface area (Å²) < 4.78 is 33.6. The monoisotopic (exact) mass is 643 g/mol. The zero-order valence-electron chi connectivity index (χ0n) is 25.0. The van der Waals surface area contributed by atoms with Gasteiger partial charge in [0.05, 0.1) is 0 Å². The number of oxazole rings is 6. The molecule has 1 aliphatic rings. The molecule has 0 saturated heterocycles. The lowest BCUT2D eigenvalue weighted by Crippen LogP contribution is -2.32. The predicted molar refractivity (Wildman–Crippen MR) is 154 cm³/mol. The fraction of sp³-hybridized carbons (Fsp3) is 0.276. The molecule has 6 aromatic heterocycles. The molecule has 0 spiro atoms. The average Bonchev–Trinajstić information content (AvgIpc) is 3.87. The van der Waals surface area contributed by atoms with Gasteiger partial charge in [0, 0.05) is 13.5 Å². The number of fused-ring (bicyclic) bond motifs is 16. The third-order valence-corrected chi connectivity index (χ3v) is 7.03. The van der Waals surface area contributed by atoms with Crippen LogP contribution >= 0.6 is 0 Å².